The Labute approximate surface area is 70.5 Å². The fraction of sp³-hybridized carbons (Fsp3) is 0.429. The molecule has 12 heavy (non-hydrogen) atoms. The second-order valence-corrected chi connectivity index (χ2v) is 2.39. The molecule has 1 rings (SSSR count). The minimum atomic E-state index is 0.0375. The van der Waals surface area contributed by atoms with Gasteiger partial charge >= 0.3 is 0 Å². The fourth-order valence-electron chi connectivity index (χ4n) is 0.861. The maximum atomic E-state index is 8.30. The summed E-state index contributed by atoms with van der Waals surface area (Å²) in [5, 5.41) is 20.9. The van der Waals surface area contributed by atoms with Gasteiger partial charge in [0, 0.05) is 0 Å². The molecule has 0 fully saturated rings. The molecule has 0 spiro atoms. The molecule has 1 atom stereocenters. The summed E-state index contributed by atoms with van der Waals surface area (Å²) in [7, 11) is 0. The first kappa shape index (κ1) is 8.58. The van der Waals surface area contributed by atoms with Crippen molar-refractivity contribution < 1.29 is 5.21 Å². The van der Waals surface area contributed by atoms with Crippen LogP contribution in [-0.2, 0) is 0 Å². The number of anilines is 1. The molecule has 0 amide bonds. The van der Waals surface area contributed by atoms with Crippen LogP contribution in [0.1, 0.15) is 13.3 Å². The summed E-state index contributed by atoms with van der Waals surface area (Å²) >= 11 is 0. The Morgan fingerprint density at radius 1 is 1.92 bits per heavy atom. The highest BCUT2D eigenvalue weighted by atomic mass is 16.4. The van der Waals surface area contributed by atoms with E-state index >= 15 is 0 Å². The highest BCUT2D eigenvalue weighted by Gasteiger charge is 2.02. The summed E-state index contributed by atoms with van der Waals surface area (Å²) in [6, 6.07) is 1.85. The minimum Gasteiger partial charge on any atom is -0.411 e. The number of oxime groups is 1. The zero-order valence-electron chi connectivity index (χ0n) is 6.86. The molecule has 1 aromatic heterocycles. The smallest absolute Gasteiger partial charge is 0.121 e. The predicted molar refractivity (Wildman–Crippen MR) is 46.6 cm³/mol. The van der Waals surface area contributed by atoms with Crippen molar-refractivity contribution >= 4 is 12.0 Å². The number of hydrogen-bond acceptors (Lipinski definition) is 4. The Balaban J connectivity index is 2.48. The SMILES string of the molecule is CCC(C=NO)Nc1ccn[nH]1. The van der Waals surface area contributed by atoms with E-state index in [1.807, 2.05) is 13.0 Å². The number of rotatable bonds is 4. The van der Waals surface area contributed by atoms with Crippen LogP contribution in [0.15, 0.2) is 17.4 Å². The van der Waals surface area contributed by atoms with E-state index in [2.05, 4.69) is 20.7 Å². The molecule has 0 aliphatic rings. The number of aromatic amines is 1. The lowest BCUT2D eigenvalue weighted by Crippen LogP contribution is -2.20. The van der Waals surface area contributed by atoms with Crippen molar-refractivity contribution in [2.24, 2.45) is 5.16 Å². The Hall–Kier alpha value is -1.52. The molecule has 0 aliphatic heterocycles. The summed E-state index contributed by atoms with van der Waals surface area (Å²) in [5.74, 6) is 0.821. The van der Waals surface area contributed by atoms with Gasteiger partial charge in [0.15, 0.2) is 0 Å². The number of nitrogens with zero attached hydrogens (tertiary/aromatic N) is 2. The van der Waals surface area contributed by atoms with Crippen LogP contribution in [0.2, 0.25) is 0 Å². The number of nitrogens with one attached hydrogen (secondary N) is 2. The van der Waals surface area contributed by atoms with Crippen LogP contribution >= 0.6 is 0 Å². The lowest BCUT2D eigenvalue weighted by atomic mass is 10.2. The van der Waals surface area contributed by atoms with E-state index in [-0.39, 0.29) is 6.04 Å². The molecule has 5 heteroatoms. The van der Waals surface area contributed by atoms with Gasteiger partial charge in [-0.05, 0) is 12.5 Å². The second-order valence-electron chi connectivity index (χ2n) is 2.39. The standard InChI is InChI=1S/C7H12N4O/c1-2-6(5-9-12)10-7-3-4-8-11-7/h3-6,12H,2H2,1H3,(H2,8,10,11). The monoisotopic (exact) mass is 168 g/mol. The zero-order valence-corrected chi connectivity index (χ0v) is 6.86. The van der Waals surface area contributed by atoms with Gasteiger partial charge < -0.3 is 10.5 Å². The maximum absolute atomic E-state index is 8.30. The molecular formula is C7H12N4O. The van der Waals surface area contributed by atoms with E-state index in [1.54, 1.807) is 6.20 Å². The van der Waals surface area contributed by atoms with Crippen LogP contribution in [0.4, 0.5) is 5.82 Å². The van der Waals surface area contributed by atoms with Crippen molar-refractivity contribution in [3.05, 3.63) is 12.3 Å². The number of H-pyrrole nitrogens is 1. The average Bonchev–Trinajstić information content (AvgIpc) is 2.56. The lowest BCUT2D eigenvalue weighted by molar-refractivity contribution is 0.320. The lowest BCUT2D eigenvalue weighted by Gasteiger charge is -2.09. The molecule has 0 saturated heterocycles. The predicted octanol–water partition coefficient (Wildman–Crippen LogP) is 1.06. The van der Waals surface area contributed by atoms with Crippen LogP contribution in [0.3, 0.4) is 0 Å². The van der Waals surface area contributed by atoms with Crippen molar-refractivity contribution in [3.8, 4) is 0 Å². The number of aromatic nitrogens is 2. The Morgan fingerprint density at radius 2 is 2.75 bits per heavy atom. The van der Waals surface area contributed by atoms with Crippen molar-refractivity contribution in [1.29, 1.82) is 0 Å². The van der Waals surface area contributed by atoms with E-state index in [0.29, 0.717) is 0 Å². The summed E-state index contributed by atoms with van der Waals surface area (Å²) < 4.78 is 0. The minimum absolute atomic E-state index is 0.0375. The number of hydrogen-bond donors (Lipinski definition) is 3. The van der Waals surface area contributed by atoms with Gasteiger partial charge in [0.2, 0.25) is 0 Å². The third-order valence-electron chi connectivity index (χ3n) is 1.53. The maximum Gasteiger partial charge on any atom is 0.121 e. The Kier molecular flexibility index (Phi) is 3.13. The van der Waals surface area contributed by atoms with E-state index < -0.39 is 0 Å². The van der Waals surface area contributed by atoms with E-state index in [1.165, 1.54) is 6.21 Å². The summed E-state index contributed by atoms with van der Waals surface area (Å²) in [5.41, 5.74) is 0. The van der Waals surface area contributed by atoms with Gasteiger partial charge in [-0.15, -0.1) is 0 Å². The van der Waals surface area contributed by atoms with Gasteiger partial charge in [0.25, 0.3) is 0 Å². The van der Waals surface area contributed by atoms with Gasteiger partial charge in [-0.3, -0.25) is 5.10 Å². The van der Waals surface area contributed by atoms with Crippen LogP contribution in [0.5, 0.6) is 0 Å². The summed E-state index contributed by atoms with van der Waals surface area (Å²) in [4.78, 5) is 0. The average molecular weight is 168 g/mol. The molecule has 0 radical (unpaired) electrons. The largest absolute Gasteiger partial charge is 0.411 e. The van der Waals surface area contributed by atoms with Gasteiger partial charge in [0.05, 0.1) is 18.5 Å². The van der Waals surface area contributed by atoms with Crippen molar-refractivity contribution in [3.63, 3.8) is 0 Å². The molecule has 1 unspecified atom stereocenters. The molecule has 1 aromatic rings. The molecular weight excluding hydrogens is 156 g/mol. The van der Waals surface area contributed by atoms with Crippen molar-refractivity contribution in [2.75, 3.05) is 5.32 Å². The third kappa shape index (κ3) is 2.26. The molecule has 1 heterocycles. The Bertz CT molecular complexity index is 232. The van der Waals surface area contributed by atoms with Gasteiger partial charge in [0.1, 0.15) is 5.82 Å². The van der Waals surface area contributed by atoms with Crippen molar-refractivity contribution in [1.82, 2.24) is 10.2 Å². The van der Waals surface area contributed by atoms with Crippen molar-refractivity contribution in [2.45, 2.75) is 19.4 Å². The van der Waals surface area contributed by atoms with Gasteiger partial charge in [-0.25, -0.2) is 0 Å². The first-order valence-electron chi connectivity index (χ1n) is 3.80. The van der Waals surface area contributed by atoms with Gasteiger partial charge in [-0.1, -0.05) is 12.1 Å². The first-order chi connectivity index (χ1) is 5.86. The highest BCUT2D eigenvalue weighted by Crippen LogP contribution is 2.02. The first-order valence-corrected chi connectivity index (χ1v) is 3.80. The normalized spacial score (nSPS) is 13.4. The molecule has 66 valence electrons. The summed E-state index contributed by atoms with van der Waals surface area (Å²) in [6.07, 6.45) is 3.95. The highest BCUT2D eigenvalue weighted by molar-refractivity contribution is 5.67. The van der Waals surface area contributed by atoms with Crippen LogP contribution < -0.4 is 5.32 Å². The third-order valence-corrected chi connectivity index (χ3v) is 1.53. The van der Waals surface area contributed by atoms with Crippen LogP contribution in [0.25, 0.3) is 0 Å². The quantitative estimate of drug-likeness (QED) is 0.357. The van der Waals surface area contributed by atoms with E-state index in [9.17, 15) is 0 Å². The molecule has 0 saturated carbocycles. The Morgan fingerprint density at radius 3 is 3.25 bits per heavy atom. The molecule has 0 aliphatic carbocycles. The molecule has 3 N–H and O–H groups in total. The zero-order chi connectivity index (χ0) is 8.81. The fourth-order valence-corrected chi connectivity index (χ4v) is 0.861. The van der Waals surface area contributed by atoms with Crippen LogP contribution in [0, 0.1) is 0 Å². The van der Waals surface area contributed by atoms with Crippen LogP contribution in [-0.4, -0.2) is 27.7 Å². The molecule has 0 aromatic carbocycles. The van der Waals surface area contributed by atoms with E-state index in [0.717, 1.165) is 12.2 Å². The van der Waals surface area contributed by atoms with Gasteiger partial charge in [-0.2, -0.15) is 5.10 Å². The summed E-state index contributed by atoms with van der Waals surface area (Å²) in [6.45, 7) is 2.00. The molecule has 0 bridgehead atoms. The van der Waals surface area contributed by atoms with E-state index in [4.69, 9.17) is 5.21 Å². The second kappa shape index (κ2) is 4.38. The molecule has 5 nitrogen and oxygen atoms in total. The topological polar surface area (TPSA) is 73.3 Å².